The number of anilines is 1. The van der Waals surface area contributed by atoms with Crippen LogP contribution < -0.4 is 16.6 Å². The predicted molar refractivity (Wildman–Crippen MR) is 142 cm³/mol. The Bertz CT molecular complexity index is 1920. The molecule has 5 rings (SSSR count). The van der Waals surface area contributed by atoms with Crippen LogP contribution >= 0.6 is 0 Å². The summed E-state index contributed by atoms with van der Waals surface area (Å²) in [7, 11) is 1.52. The second-order valence-corrected chi connectivity index (χ2v) is 9.46. The van der Waals surface area contributed by atoms with Crippen LogP contribution in [0.15, 0.2) is 63.3 Å². The van der Waals surface area contributed by atoms with Gasteiger partial charge in [0.2, 0.25) is 0 Å². The first-order valence-electron chi connectivity index (χ1n) is 12.3. The summed E-state index contributed by atoms with van der Waals surface area (Å²) in [4.78, 5) is 42.8. The number of pyridine rings is 1. The third-order valence-corrected chi connectivity index (χ3v) is 6.53. The lowest BCUT2D eigenvalue weighted by atomic mass is 10.1. The van der Waals surface area contributed by atoms with Gasteiger partial charge in [0.15, 0.2) is 17.0 Å². The van der Waals surface area contributed by atoms with Gasteiger partial charge < -0.3 is 14.4 Å². The van der Waals surface area contributed by atoms with Gasteiger partial charge in [-0.25, -0.2) is 19.7 Å². The molecule has 0 aliphatic heterocycles. The van der Waals surface area contributed by atoms with Crippen LogP contribution in [0.3, 0.4) is 0 Å². The van der Waals surface area contributed by atoms with Crippen molar-refractivity contribution in [2.75, 3.05) is 5.32 Å². The van der Waals surface area contributed by atoms with Crippen molar-refractivity contribution in [1.82, 2.24) is 38.8 Å². The van der Waals surface area contributed by atoms with Gasteiger partial charge in [-0.3, -0.25) is 18.9 Å². The second-order valence-electron chi connectivity index (χ2n) is 9.46. The summed E-state index contributed by atoms with van der Waals surface area (Å²) in [5, 5.41) is 6.94. The van der Waals surface area contributed by atoms with Gasteiger partial charge >= 0.3 is 11.9 Å². The summed E-state index contributed by atoms with van der Waals surface area (Å²) < 4.78 is 48.3. The highest BCUT2D eigenvalue weighted by Crippen LogP contribution is 2.31. The lowest BCUT2D eigenvalue weighted by Crippen LogP contribution is -2.40. The highest BCUT2D eigenvalue weighted by Gasteiger charge is 2.34. The zero-order chi connectivity index (χ0) is 29.6. The standard InChI is InChI=1S/C26H24F3N9O3/c1-13-8-17(10-31-21(13)26(27,28)29)22-30-7-6-19(34-22)33-15(3)16(4)38-12-32-23-20(38)24(39)37(25(40)36(23)5)11-18-9-14(2)41-35-18/h6-10,12,16H,3,11H2,1-2,4-5H3,(H,30,33,34)/t16-/m0/s1. The number of imidazole rings is 1. The van der Waals surface area contributed by atoms with E-state index in [1.54, 1.807) is 30.5 Å². The van der Waals surface area contributed by atoms with Gasteiger partial charge in [0.05, 0.1) is 18.9 Å². The van der Waals surface area contributed by atoms with Crippen LogP contribution in [-0.4, -0.2) is 38.8 Å². The van der Waals surface area contributed by atoms with E-state index in [1.807, 2.05) is 0 Å². The third kappa shape index (κ3) is 5.13. The fraction of sp³-hybridized carbons (Fsp3) is 0.269. The Hall–Kier alpha value is -5.08. The second kappa shape index (κ2) is 10.1. The lowest BCUT2D eigenvalue weighted by molar-refractivity contribution is -0.141. The molecule has 1 atom stereocenters. The minimum Gasteiger partial charge on any atom is -0.361 e. The molecule has 0 saturated carbocycles. The number of allylic oxidation sites excluding steroid dienone is 1. The van der Waals surface area contributed by atoms with E-state index in [0.717, 1.165) is 10.8 Å². The molecule has 0 bridgehead atoms. The molecule has 5 aromatic heterocycles. The van der Waals surface area contributed by atoms with Crippen molar-refractivity contribution in [2.45, 2.75) is 39.5 Å². The number of rotatable bonds is 7. The molecule has 1 N–H and O–H groups in total. The normalized spacial score (nSPS) is 12.6. The third-order valence-electron chi connectivity index (χ3n) is 6.53. The van der Waals surface area contributed by atoms with E-state index < -0.39 is 29.2 Å². The quantitative estimate of drug-likeness (QED) is 0.313. The predicted octanol–water partition coefficient (Wildman–Crippen LogP) is 3.61. The van der Waals surface area contributed by atoms with E-state index >= 15 is 0 Å². The van der Waals surface area contributed by atoms with Crippen molar-refractivity contribution in [3.05, 3.63) is 92.7 Å². The van der Waals surface area contributed by atoms with Crippen molar-refractivity contribution in [1.29, 1.82) is 0 Å². The molecular weight excluding hydrogens is 543 g/mol. The molecule has 212 valence electrons. The van der Waals surface area contributed by atoms with E-state index in [4.69, 9.17) is 4.52 Å². The van der Waals surface area contributed by atoms with Crippen LogP contribution in [0.25, 0.3) is 22.6 Å². The number of nitrogens with one attached hydrogen (secondary N) is 1. The molecule has 15 heteroatoms. The number of fused-ring (bicyclic) bond motifs is 1. The molecule has 0 amide bonds. The molecule has 0 aliphatic rings. The van der Waals surface area contributed by atoms with Gasteiger partial charge in [0, 0.05) is 36.8 Å². The number of halogens is 3. The smallest absolute Gasteiger partial charge is 0.361 e. The highest BCUT2D eigenvalue weighted by atomic mass is 19.4. The molecule has 41 heavy (non-hydrogen) atoms. The first kappa shape index (κ1) is 27.5. The molecule has 0 fully saturated rings. The molecule has 0 unspecified atom stereocenters. The minimum absolute atomic E-state index is 0.0549. The lowest BCUT2D eigenvalue weighted by Gasteiger charge is -2.19. The Labute approximate surface area is 229 Å². The van der Waals surface area contributed by atoms with Crippen molar-refractivity contribution in [3.63, 3.8) is 0 Å². The average molecular weight is 568 g/mol. The maximum absolute atomic E-state index is 13.5. The summed E-state index contributed by atoms with van der Waals surface area (Å²) in [6, 6.07) is 3.98. The van der Waals surface area contributed by atoms with Crippen LogP contribution in [0.5, 0.6) is 0 Å². The molecule has 5 aromatic rings. The van der Waals surface area contributed by atoms with E-state index in [1.165, 1.54) is 37.1 Å². The Morgan fingerprint density at radius 2 is 1.93 bits per heavy atom. The van der Waals surface area contributed by atoms with E-state index in [2.05, 4.69) is 37.0 Å². The molecule has 12 nitrogen and oxygen atoms in total. The number of alkyl halides is 3. The van der Waals surface area contributed by atoms with Crippen LogP contribution in [0, 0.1) is 13.8 Å². The number of aromatic nitrogens is 8. The SMILES string of the molecule is C=C(Nc1ccnc(-c2cnc(C(F)(F)F)c(C)c2)n1)[C@H](C)n1cnc2c1c(=O)n(Cc1cc(C)on1)c(=O)n2C. The average Bonchev–Trinajstić information content (AvgIpc) is 3.55. The summed E-state index contributed by atoms with van der Waals surface area (Å²) in [6.45, 7) is 8.79. The van der Waals surface area contributed by atoms with Gasteiger partial charge in [-0.05, 0) is 38.5 Å². The van der Waals surface area contributed by atoms with Gasteiger partial charge in [-0.2, -0.15) is 13.2 Å². The summed E-state index contributed by atoms with van der Waals surface area (Å²) >= 11 is 0. The molecule has 0 aliphatic carbocycles. The van der Waals surface area contributed by atoms with Gasteiger partial charge in [0.25, 0.3) is 5.56 Å². The summed E-state index contributed by atoms with van der Waals surface area (Å²) in [5.41, 5.74) is -0.623. The Morgan fingerprint density at radius 1 is 1.17 bits per heavy atom. The van der Waals surface area contributed by atoms with Crippen LogP contribution in [0.2, 0.25) is 0 Å². The van der Waals surface area contributed by atoms with Crippen LogP contribution in [0.4, 0.5) is 19.0 Å². The molecule has 0 radical (unpaired) electrons. The van der Waals surface area contributed by atoms with Gasteiger partial charge in [-0.1, -0.05) is 11.7 Å². The first-order chi connectivity index (χ1) is 19.3. The van der Waals surface area contributed by atoms with Gasteiger partial charge in [-0.15, -0.1) is 0 Å². The van der Waals surface area contributed by atoms with E-state index in [0.29, 0.717) is 28.5 Å². The Morgan fingerprint density at radius 3 is 2.59 bits per heavy atom. The van der Waals surface area contributed by atoms with Crippen molar-refractivity contribution < 1.29 is 17.7 Å². The van der Waals surface area contributed by atoms with Crippen LogP contribution in [-0.2, 0) is 19.8 Å². The zero-order valence-corrected chi connectivity index (χ0v) is 22.4. The first-order valence-corrected chi connectivity index (χ1v) is 12.3. The van der Waals surface area contributed by atoms with Crippen molar-refractivity contribution >= 4 is 17.0 Å². The maximum atomic E-state index is 13.5. The number of hydrogen-bond acceptors (Lipinski definition) is 9. The fourth-order valence-electron chi connectivity index (χ4n) is 4.37. The summed E-state index contributed by atoms with van der Waals surface area (Å²) in [6.07, 6.45) is -0.611. The molecule has 5 heterocycles. The summed E-state index contributed by atoms with van der Waals surface area (Å²) in [5.74, 6) is 1.03. The van der Waals surface area contributed by atoms with Crippen molar-refractivity contribution in [3.8, 4) is 11.4 Å². The Kier molecular flexibility index (Phi) is 6.80. The monoisotopic (exact) mass is 567 g/mol. The van der Waals surface area contributed by atoms with E-state index in [9.17, 15) is 22.8 Å². The number of nitrogens with zero attached hydrogens (tertiary/aromatic N) is 8. The van der Waals surface area contributed by atoms with Crippen LogP contribution in [0.1, 0.15) is 35.7 Å². The zero-order valence-electron chi connectivity index (χ0n) is 22.4. The minimum atomic E-state index is -4.57. The Balaban J connectivity index is 1.44. The highest BCUT2D eigenvalue weighted by molar-refractivity contribution is 5.70. The number of aryl methyl sites for hydroxylation is 3. The molecule has 0 aromatic carbocycles. The fourth-order valence-corrected chi connectivity index (χ4v) is 4.37. The maximum Gasteiger partial charge on any atom is 0.433 e. The molecule has 0 spiro atoms. The molecular formula is C26H24F3N9O3. The molecule has 0 saturated heterocycles. The number of hydrogen-bond donors (Lipinski definition) is 1. The van der Waals surface area contributed by atoms with Crippen molar-refractivity contribution in [2.24, 2.45) is 7.05 Å². The largest absolute Gasteiger partial charge is 0.433 e. The topological polar surface area (TPSA) is 139 Å². The van der Waals surface area contributed by atoms with Gasteiger partial charge in [0.1, 0.15) is 23.0 Å². The van der Waals surface area contributed by atoms with E-state index in [-0.39, 0.29) is 29.1 Å².